The van der Waals surface area contributed by atoms with Crippen LogP contribution in [0, 0.1) is 6.92 Å². The second kappa shape index (κ2) is 5.70. The van der Waals surface area contributed by atoms with Crippen molar-refractivity contribution in [3.63, 3.8) is 0 Å². The molecule has 0 aliphatic carbocycles. The molecule has 2 rings (SSSR count). The third-order valence-electron chi connectivity index (χ3n) is 1.91. The van der Waals surface area contributed by atoms with Crippen LogP contribution in [0.25, 0.3) is 0 Å². The number of thiazole rings is 1. The summed E-state index contributed by atoms with van der Waals surface area (Å²) in [5.74, 6) is 0.833. The third kappa shape index (κ3) is 3.34. The Labute approximate surface area is 113 Å². The number of aromatic nitrogens is 3. The van der Waals surface area contributed by atoms with Crippen molar-refractivity contribution in [3.05, 3.63) is 17.1 Å². The summed E-state index contributed by atoms with van der Waals surface area (Å²) in [6.07, 6.45) is 1.97. The van der Waals surface area contributed by atoms with E-state index in [0.29, 0.717) is 0 Å². The topological polar surface area (TPSA) is 50.7 Å². The highest BCUT2D eigenvalue weighted by Crippen LogP contribution is 2.30. The maximum Gasteiger partial charge on any atom is 0.190 e. The average molecular weight is 284 g/mol. The molecule has 0 saturated heterocycles. The predicted octanol–water partition coefficient (Wildman–Crippen LogP) is 3.16. The summed E-state index contributed by atoms with van der Waals surface area (Å²) in [7, 11) is 1.86. The molecule has 2 aromatic rings. The molecule has 7 heteroatoms. The fourth-order valence-electron chi connectivity index (χ4n) is 1.14. The maximum absolute atomic E-state index is 4.45. The third-order valence-corrected chi connectivity index (χ3v) is 4.43. The van der Waals surface area contributed by atoms with Gasteiger partial charge in [0.1, 0.15) is 10.8 Å². The van der Waals surface area contributed by atoms with Crippen LogP contribution in [0.3, 0.4) is 0 Å². The molecule has 0 spiro atoms. The van der Waals surface area contributed by atoms with Crippen LogP contribution in [0.1, 0.15) is 5.69 Å². The predicted molar refractivity (Wildman–Crippen MR) is 74.3 cm³/mol. The van der Waals surface area contributed by atoms with Crippen LogP contribution >= 0.6 is 34.9 Å². The smallest absolute Gasteiger partial charge is 0.190 e. The SMILES string of the molecule is CNc1cc(Sc2nc(C)cs2)nc(SC)n1. The molecule has 1 N–H and O–H groups in total. The molecule has 0 unspecified atom stereocenters. The number of nitrogens with one attached hydrogen (secondary N) is 1. The van der Waals surface area contributed by atoms with E-state index in [9.17, 15) is 0 Å². The molecule has 90 valence electrons. The van der Waals surface area contributed by atoms with Gasteiger partial charge in [-0.1, -0.05) is 11.8 Å². The Morgan fingerprint density at radius 1 is 1.29 bits per heavy atom. The Bertz CT molecular complexity index is 490. The summed E-state index contributed by atoms with van der Waals surface area (Å²) >= 11 is 4.74. The minimum atomic E-state index is 0.771. The fourth-order valence-corrected chi connectivity index (χ4v) is 3.37. The Hall–Kier alpha value is -0.790. The zero-order valence-electron chi connectivity index (χ0n) is 9.72. The van der Waals surface area contributed by atoms with Crippen LogP contribution in [-0.4, -0.2) is 28.3 Å². The molecule has 2 heterocycles. The second-order valence-electron chi connectivity index (χ2n) is 3.18. The molecule has 0 aliphatic heterocycles. The largest absolute Gasteiger partial charge is 0.373 e. The van der Waals surface area contributed by atoms with Crippen molar-refractivity contribution < 1.29 is 0 Å². The van der Waals surface area contributed by atoms with Gasteiger partial charge in [-0.3, -0.25) is 0 Å². The molecule has 17 heavy (non-hydrogen) atoms. The van der Waals surface area contributed by atoms with Crippen LogP contribution in [0.2, 0.25) is 0 Å². The molecule has 0 fully saturated rings. The number of anilines is 1. The molecule has 0 atom stereocenters. The van der Waals surface area contributed by atoms with Gasteiger partial charge in [-0.05, 0) is 24.9 Å². The van der Waals surface area contributed by atoms with E-state index in [1.54, 1.807) is 23.1 Å². The second-order valence-corrected chi connectivity index (χ2v) is 6.08. The summed E-state index contributed by atoms with van der Waals surface area (Å²) in [4.78, 5) is 13.2. The van der Waals surface area contributed by atoms with E-state index in [0.717, 1.165) is 26.0 Å². The lowest BCUT2D eigenvalue weighted by Crippen LogP contribution is -1.96. The van der Waals surface area contributed by atoms with E-state index in [4.69, 9.17) is 0 Å². The molecule has 0 bridgehead atoms. The van der Waals surface area contributed by atoms with E-state index in [-0.39, 0.29) is 0 Å². The molecule has 0 saturated carbocycles. The fraction of sp³-hybridized carbons (Fsp3) is 0.300. The van der Waals surface area contributed by atoms with Crippen molar-refractivity contribution in [2.45, 2.75) is 21.4 Å². The molecule has 0 aromatic carbocycles. The first-order valence-corrected chi connectivity index (χ1v) is 7.84. The van der Waals surface area contributed by atoms with Gasteiger partial charge in [-0.15, -0.1) is 11.3 Å². The lowest BCUT2D eigenvalue weighted by Gasteiger charge is -2.04. The van der Waals surface area contributed by atoms with Crippen LogP contribution in [0.5, 0.6) is 0 Å². The Morgan fingerprint density at radius 2 is 2.12 bits per heavy atom. The summed E-state index contributed by atoms with van der Waals surface area (Å²) < 4.78 is 1.01. The van der Waals surface area contributed by atoms with Gasteiger partial charge in [-0.25, -0.2) is 15.0 Å². The number of hydrogen-bond acceptors (Lipinski definition) is 7. The highest BCUT2D eigenvalue weighted by molar-refractivity contribution is 8.01. The lowest BCUT2D eigenvalue weighted by atomic mass is 10.6. The van der Waals surface area contributed by atoms with E-state index in [1.807, 2.05) is 31.7 Å². The van der Waals surface area contributed by atoms with Gasteiger partial charge in [0.15, 0.2) is 9.50 Å². The summed E-state index contributed by atoms with van der Waals surface area (Å²) in [6.45, 7) is 1.99. The van der Waals surface area contributed by atoms with Crippen molar-refractivity contribution in [1.29, 1.82) is 0 Å². The van der Waals surface area contributed by atoms with Crippen LogP contribution in [0.4, 0.5) is 5.82 Å². The molecule has 4 nitrogen and oxygen atoms in total. The normalized spacial score (nSPS) is 10.5. The number of rotatable bonds is 4. The standard InChI is InChI=1S/C10H12N4S3/c1-6-5-16-10(12-6)17-8-4-7(11-2)13-9(14-8)15-3/h4-5H,1-3H3,(H,11,13,14). The van der Waals surface area contributed by atoms with Crippen molar-refractivity contribution in [3.8, 4) is 0 Å². The summed E-state index contributed by atoms with van der Waals surface area (Å²) in [6, 6.07) is 1.93. The van der Waals surface area contributed by atoms with Crippen LogP contribution in [-0.2, 0) is 0 Å². The van der Waals surface area contributed by atoms with E-state index in [1.165, 1.54) is 11.8 Å². The van der Waals surface area contributed by atoms with Gasteiger partial charge in [0, 0.05) is 24.2 Å². The molecule has 0 radical (unpaired) electrons. The zero-order valence-corrected chi connectivity index (χ0v) is 12.2. The van der Waals surface area contributed by atoms with Crippen molar-refractivity contribution in [2.75, 3.05) is 18.6 Å². The average Bonchev–Trinajstić information content (AvgIpc) is 2.74. The van der Waals surface area contributed by atoms with Gasteiger partial charge in [0.25, 0.3) is 0 Å². The minimum absolute atomic E-state index is 0.771. The molecule has 0 aliphatic rings. The minimum Gasteiger partial charge on any atom is -0.373 e. The maximum atomic E-state index is 4.45. The summed E-state index contributed by atoms with van der Waals surface area (Å²) in [5, 5.41) is 6.77. The van der Waals surface area contributed by atoms with Gasteiger partial charge < -0.3 is 5.32 Å². The molecule has 0 amide bonds. The number of hydrogen-bond donors (Lipinski definition) is 1. The van der Waals surface area contributed by atoms with Crippen LogP contribution in [0.15, 0.2) is 26.0 Å². The first-order chi connectivity index (χ1) is 8.21. The summed E-state index contributed by atoms with van der Waals surface area (Å²) in [5.41, 5.74) is 1.05. The van der Waals surface area contributed by atoms with Gasteiger partial charge in [0.2, 0.25) is 0 Å². The monoisotopic (exact) mass is 284 g/mol. The quantitative estimate of drug-likeness (QED) is 0.529. The van der Waals surface area contributed by atoms with Crippen molar-refractivity contribution in [2.24, 2.45) is 0 Å². The number of thioether (sulfide) groups is 1. The molecular formula is C10H12N4S3. The highest BCUT2D eigenvalue weighted by atomic mass is 32.2. The Kier molecular flexibility index (Phi) is 4.25. The number of aryl methyl sites for hydroxylation is 1. The van der Waals surface area contributed by atoms with Gasteiger partial charge in [-0.2, -0.15) is 0 Å². The van der Waals surface area contributed by atoms with E-state index >= 15 is 0 Å². The van der Waals surface area contributed by atoms with Gasteiger partial charge >= 0.3 is 0 Å². The Morgan fingerprint density at radius 3 is 2.71 bits per heavy atom. The van der Waals surface area contributed by atoms with Crippen molar-refractivity contribution >= 4 is 40.7 Å². The first-order valence-electron chi connectivity index (χ1n) is 4.92. The van der Waals surface area contributed by atoms with Crippen molar-refractivity contribution in [1.82, 2.24) is 15.0 Å². The Balaban J connectivity index is 2.25. The lowest BCUT2D eigenvalue weighted by molar-refractivity contribution is 0.896. The van der Waals surface area contributed by atoms with Crippen LogP contribution < -0.4 is 5.32 Å². The molecular weight excluding hydrogens is 272 g/mol. The highest BCUT2D eigenvalue weighted by Gasteiger charge is 2.07. The molecule has 2 aromatic heterocycles. The van der Waals surface area contributed by atoms with Gasteiger partial charge in [0.05, 0.1) is 0 Å². The van der Waals surface area contributed by atoms with E-state index < -0.39 is 0 Å². The van der Waals surface area contributed by atoms with E-state index in [2.05, 4.69) is 20.3 Å². The number of nitrogens with zero attached hydrogens (tertiary/aromatic N) is 3. The zero-order chi connectivity index (χ0) is 12.3. The first kappa shape index (κ1) is 12.7.